The minimum atomic E-state index is -0.673. The first-order valence-corrected chi connectivity index (χ1v) is 12.0. The Morgan fingerprint density at radius 3 is 2.60 bits per heavy atom. The van der Waals surface area contributed by atoms with Crippen molar-refractivity contribution in [3.63, 3.8) is 0 Å². The predicted molar refractivity (Wildman–Crippen MR) is 136 cm³/mol. The molecule has 0 bridgehead atoms. The van der Waals surface area contributed by atoms with E-state index in [9.17, 15) is 9.59 Å². The van der Waals surface area contributed by atoms with E-state index in [0.717, 1.165) is 36.0 Å². The van der Waals surface area contributed by atoms with Crippen LogP contribution in [0.3, 0.4) is 0 Å². The van der Waals surface area contributed by atoms with Crippen molar-refractivity contribution in [1.82, 2.24) is 4.98 Å². The largest absolute Gasteiger partial charge is 0.494 e. The normalized spacial score (nSPS) is 15.0. The first-order chi connectivity index (χ1) is 17.0. The van der Waals surface area contributed by atoms with E-state index in [1.165, 1.54) is 0 Å². The Bertz CT molecular complexity index is 1460. The van der Waals surface area contributed by atoms with Crippen molar-refractivity contribution in [2.75, 3.05) is 11.5 Å². The van der Waals surface area contributed by atoms with Crippen LogP contribution in [0.15, 0.2) is 70.0 Å². The topological polar surface area (TPSA) is 72.6 Å². The standard InChI is InChI=1S/C29H28N2O4/c1-4-5-6-14-34-21-9-7-8-20(16-21)26-25-27(32)22-15-18(2)10-12-23(22)35-28(25)29(33)31(26)24-13-11-19(3)17-30-24/h7-13,15-17,26H,4-6,14H2,1-3H3. The van der Waals surface area contributed by atoms with E-state index in [-0.39, 0.29) is 17.1 Å². The maximum Gasteiger partial charge on any atom is 0.296 e. The Morgan fingerprint density at radius 2 is 1.83 bits per heavy atom. The number of anilines is 1. The Balaban J connectivity index is 1.67. The SMILES string of the molecule is CCCCCOc1cccc(C2c3c(oc4ccc(C)cc4c3=O)C(=O)N2c2ccc(C)cn2)c1. The summed E-state index contributed by atoms with van der Waals surface area (Å²) in [6.45, 7) is 6.64. The van der Waals surface area contributed by atoms with Crippen LogP contribution < -0.4 is 15.1 Å². The maximum absolute atomic E-state index is 13.8. The van der Waals surface area contributed by atoms with Crippen LogP contribution in [0, 0.1) is 13.8 Å². The van der Waals surface area contributed by atoms with Gasteiger partial charge in [-0.3, -0.25) is 14.5 Å². The molecule has 6 nitrogen and oxygen atoms in total. The fourth-order valence-electron chi connectivity index (χ4n) is 4.56. The van der Waals surface area contributed by atoms with E-state index in [1.54, 1.807) is 23.2 Å². The van der Waals surface area contributed by atoms with Gasteiger partial charge in [0.2, 0.25) is 5.76 Å². The molecule has 1 amide bonds. The van der Waals surface area contributed by atoms with Gasteiger partial charge < -0.3 is 9.15 Å². The van der Waals surface area contributed by atoms with Gasteiger partial charge in [-0.15, -0.1) is 0 Å². The number of carbonyl (C=O) groups is 1. The van der Waals surface area contributed by atoms with Gasteiger partial charge in [-0.05, 0) is 61.7 Å². The van der Waals surface area contributed by atoms with Crippen LogP contribution in [0.1, 0.15) is 65.0 Å². The molecule has 35 heavy (non-hydrogen) atoms. The number of benzene rings is 2. The average molecular weight is 469 g/mol. The monoisotopic (exact) mass is 468 g/mol. The Labute approximate surface area is 204 Å². The van der Waals surface area contributed by atoms with E-state index in [1.807, 2.05) is 56.3 Å². The molecule has 3 heterocycles. The zero-order valence-electron chi connectivity index (χ0n) is 20.2. The highest BCUT2D eigenvalue weighted by Crippen LogP contribution is 2.41. The molecule has 0 aliphatic carbocycles. The van der Waals surface area contributed by atoms with Gasteiger partial charge in [0.05, 0.1) is 23.6 Å². The lowest BCUT2D eigenvalue weighted by atomic mass is 9.98. The number of hydrogen-bond donors (Lipinski definition) is 0. The van der Waals surface area contributed by atoms with Gasteiger partial charge in [-0.2, -0.15) is 0 Å². The molecule has 1 aliphatic rings. The third-order valence-electron chi connectivity index (χ3n) is 6.36. The van der Waals surface area contributed by atoms with E-state index < -0.39 is 6.04 Å². The second-order valence-electron chi connectivity index (χ2n) is 9.07. The second-order valence-corrected chi connectivity index (χ2v) is 9.07. The third kappa shape index (κ3) is 4.20. The van der Waals surface area contributed by atoms with Crippen molar-refractivity contribution in [2.24, 2.45) is 0 Å². The summed E-state index contributed by atoms with van der Waals surface area (Å²) in [5.41, 5.74) is 3.23. The summed E-state index contributed by atoms with van der Waals surface area (Å²) in [6, 6.07) is 16.0. The van der Waals surface area contributed by atoms with Crippen LogP contribution >= 0.6 is 0 Å². The van der Waals surface area contributed by atoms with Gasteiger partial charge in [-0.25, -0.2) is 4.98 Å². The van der Waals surface area contributed by atoms with Crippen LogP contribution in [-0.4, -0.2) is 17.5 Å². The Morgan fingerprint density at radius 1 is 1.00 bits per heavy atom. The van der Waals surface area contributed by atoms with Crippen molar-refractivity contribution < 1.29 is 13.9 Å². The maximum atomic E-state index is 13.8. The minimum absolute atomic E-state index is 0.0630. The highest BCUT2D eigenvalue weighted by molar-refractivity contribution is 6.10. The molecule has 0 saturated carbocycles. The molecule has 2 aromatic carbocycles. The highest BCUT2D eigenvalue weighted by Gasteiger charge is 2.44. The molecule has 0 saturated heterocycles. The first kappa shape index (κ1) is 22.8. The molecule has 1 unspecified atom stereocenters. The summed E-state index contributed by atoms with van der Waals surface area (Å²) in [6.07, 6.45) is 4.90. The molecular formula is C29H28N2O4. The number of amides is 1. The highest BCUT2D eigenvalue weighted by atomic mass is 16.5. The van der Waals surface area contributed by atoms with Gasteiger partial charge in [-0.1, -0.05) is 49.6 Å². The van der Waals surface area contributed by atoms with Crippen LogP contribution in [0.2, 0.25) is 0 Å². The van der Waals surface area contributed by atoms with Crippen LogP contribution in [-0.2, 0) is 0 Å². The molecule has 2 aromatic heterocycles. The molecule has 0 N–H and O–H groups in total. The van der Waals surface area contributed by atoms with Crippen LogP contribution in [0.5, 0.6) is 5.75 Å². The van der Waals surface area contributed by atoms with E-state index in [2.05, 4.69) is 11.9 Å². The summed E-state index contributed by atoms with van der Waals surface area (Å²) in [7, 11) is 0. The number of rotatable bonds is 7. The average Bonchev–Trinajstić information content (AvgIpc) is 3.15. The number of aromatic nitrogens is 1. The summed E-state index contributed by atoms with van der Waals surface area (Å²) in [4.78, 5) is 33.5. The zero-order valence-corrected chi connectivity index (χ0v) is 20.2. The number of nitrogens with zero attached hydrogens (tertiary/aromatic N) is 2. The van der Waals surface area contributed by atoms with E-state index in [0.29, 0.717) is 34.7 Å². The zero-order chi connectivity index (χ0) is 24.5. The second kappa shape index (κ2) is 9.37. The molecule has 4 aromatic rings. The van der Waals surface area contributed by atoms with Gasteiger partial charge in [0, 0.05) is 6.20 Å². The van der Waals surface area contributed by atoms with E-state index in [4.69, 9.17) is 9.15 Å². The number of ether oxygens (including phenoxy) is 1. The number of hydrogen-bond acceptors (Lipinski definition) is 5. The van der Waals surface area contributed by atoms with Crippen molar-refractivity contribution in [3.05, 3.63) is 99.0 Å². The summed E-state index contributed by atoms with van der Waals surface area (Å²) in [5, 5.41) is 0.465. The quantitative estimate of drug-likeness (QED) is 0.305. The summed E-state index contributed by atoms with van der Waals surface area (Å²) >= 11 is 0. The predicted octanol–water partition coefficient (Wildman–Crippen LogP) is 6.12. The summed E-state index contributed by atoms with van der Waals surface area (Å²) < 4.78 is 12.0. The summed E-state index contributed by atoms with van der Waals surface area (Å²) in [5.74, 6) is 0.853. The van der Waals surface area contributed by atoms with Gasteiger partial charge in [0.15, 0.2) is 5.43 Å². The van der Waals surface area contributed by atoms with Crippen molar-refractivity contribution in [2.45, 2.75) is 46.1 Å². The smallest absolute Gasteiger partial charge is 0.296 e. The number of fused-ring (bicyclic) bond motifs is 2. The lowest BCUT2D eigenvalue weighted by Crippen LogP contribution is -2.30. The van der Waals surface area contributed by atoms with Crippen molar-refractivity contribution >= 4 is 22.7 Å². The number of aryl methyl sites for hydroxylation is 2. The van der Waals surface area contributed by atoms with Gasteiger partial charge in [0.25, 0.3) is 5.91 Å². The molecule has 5 rings (SSSR count). The fourth-order valence-corrected chi connectivity index (χ4v) is 4.56. The fraction of sp³-hybridized carbons (Fsp3) is 0.276. The number of pyridine rings is 1. The lowest BCUT2D eigenvalue weighted by molar-refractivity contribution is 0.0970. The van der Waals surface area contributed by atoms with E-state index >= 15 is 0 Å². The van der Waals surface area contributed by atoms with Crippen LogP contribution in [0.25, 0.3) is 11.0 Å². The van der Waals surface area contributed by atoms with Crippen LogP contribution in [0.4, 0.5) is 5.82 Å². The minimum Gasteiger partial charge on any atom is -0.494 e. The lowest BCUT2D eigenvalue weighted by Gasteiger charge is -2.24. The number of carbonyl (C=O) groups excluding carboxylic acids is 1. The Kier molecular flexibility index (Phi) is 6.12. The molecule has 1 aliphatic heterocycles. The molecule has 178 valence electrons. The first-order valence-electron chi connectivity index (χ1n) is 12.0. The molecule has 0 fully saturated rings. The number of unbranched alkanes of at least 4 members (excludes halogenated alkanes) is 2. The van der Waals surface area contributed by atoms with Crippen molar-refractivity contribution in [1.29, 1.82) is 0 Å². The van der Waals surface area contributed by atoms with Gasteiger partial charge >= 0.3 is 0 Å². The Hall–Kier alpha value is -3.93. The van der Waals surface area contributed by atoms with Gasteiger partial charge in [0.1, 0.15) is 17.2 Å². The molecule has 0 spiro atoms. The third-order valence-corrected chi connectivity index (χ3v) is 6.36. The molecular weight excluding hydrogens is 440 g/mol. The molecule has 0 radical (unpaired) electrons. The molecule has 1 atom stereocenters. The molecule has 6 heteroatoms. The van der Waals surface area contributed by atoms with Crippen molar-refractivity contribution in [3.8, 4) is 5.75 Å².